The predicted molar refractivity (Wildman–Crippen MR) is 67.7 cm³/mol. The number of benzene rings is 1. The zero-order valence-corrected chi connectivity index (χ0v) is 10.9. The predicted octanol–water partition coefficient (Wildman–Crippen LogP) is 3.01. The number of nitrogens with zero attached hydrogens (tertiary/aromatic N) is 1. The summed E-state index contributed by atoms with van der Waals surface area (Å²) in [5.74, 6) is -0.721. The Hall–Kier alpha value is -1.62. The van der Waals surface area contributed by atoms with Crippen LogP contribution in [0.5, 0.6) is 5.75 Å². The molecule has 0 unspecified atom stereocenters. The number of aryl methyl sites for hydroxylation is 1. The third kappa shape index (κ3) is 1.86. The molecule has 0 aliphatic carbocycles. The van der Waals surface area contributed by atoms with E-state index in [4.69, 9.17) is 4.74 Å². The Bertz CT molecular complexity index is 610. The normalized spacial score (nSPS) is 10.5. The molecule has 0 amide bonds. The van der Waals surface area contributed by atoms with Crippen LogP contribution >= 0.6 is 15.9 Å². The Morgan fingerprint density at radius 1 is 1.47 bits per heavy atom. The molecule has 0 bridgehead atoms. The summed E-state index contributed by atoms with van der Waals surface area (Å²) in [7, 11) is 1.44. The molecule has 0 saturated heterocycles. The quantitative estimate of drug-likeness (QED) is 0.925. The molecule has 0 atom stereocenters. The lowest BCUT2D eigenvalue weighted by Gasteiger charge is -2.12. The van der Waals surface area contributed by atoms with Gasteiger partial charge in [0.15, 0.2) is 5.75 Å². The Labute approximate surface area is 106 Å². The summed E-state index contributed by atoms with van der Waals surface area (Å²) < 4.78 is 5.83. The molecule has 0 spiro atoms. The van der Waals surface area contributed by atoms with Crippen LogP contribution in [0.15, 0.2) is 22.7 Å². The van der Waals surface area contributed by atoms with Crippen molar-refractivity contribution in [2.24, 2.45) is 0 Å². The molecule has 1 aromatic heterocycles. The van der Waals surface area contributed by atoms with E-state index in [0.717, 1.165) is 0 Å². The van der Waals surface area contributed by atoms with E-state index in [0.29, 0.717) is 26.8 Å². The molecule has 0 radical (unpaired) electrons. The van der Waals surface area contributed by atoms with E-state index in [1.807, 2.05) is 6.07 Å². The summed E-state index contributed by atoms with van der Waals surface area (Å²) in [6.45, 7) is 1.73. The third-order valence-corrected chi connectivity index (χ3v) is 3.16. The Morgan fingerprint density at radius 3 is 2.76 bits per heavy atom. The minimum absolute atomic E-state index is 0.141. The Kier molecular flexibility index (Phi) is 3.02. The van der Waals surface area contributed by atoms with Gasteiger partial charge in [0.2, 0.25) is 0 Å². The first-order valence-electron chi connectivity index (χ1n) is 4.92. The topological polar surface area (TPSA) is 59.4 Å². The molecule has 1 aromatic carbocycles. The minimum Gasteiger partial charge on any atom is -0.494 e. The van der Waals surface area contributed by atoms with Gasteiger partial charge in [-0.3, -0.25) is 0 Å². The van der Waals surface area contributed by atoms with E-state index in [1.165, 1.54) is 7.11 Å². The van der Waals surface area contributed by atoms with Gasteiger partial charge in [0.1, 0.15) is 5.56 Å². The van der Waals surface area contributed by atoms with Crippen LogP contribution in [0, 0.1) is 6.92 Å². The maximum absolute atomic E-state index is 11.4. The number of aromatic nitrogens is 1. The number of aromatic carboxylic acids is 1. The van der Waals surface area contributed by atoms with E-state index in [2.05, 4.69) is 20.9 Å². The average molecular weight is 296 g/mol. The number of fused-ring (bicyclic) bond motifs is 1. The zero-order chi connectivity index (χ0) is 12.6. The molecule has 2 aromatic rings. The molecule has 0 fully saturated rings. The molecule has 17 heavy (non-hydrogen) atoms. The van der Waals surface area contributed by atoms with Crippen molar-refractivity contribution < 1.29 is 14.6 Å². The molecule has 0 aliphatic heterocycles. The summed E-state index contributed by atoms with van der Waals surface area (Å²) in [4.78, 5) is 15.7. The smallest absolute Gasteiger partial charge is 0.340 e. The van der Waals surface area contributed by atoms with Crippen molar-refractivity contribution in [3.63, 3.8) is 0 Å². The fourth-order valence-electron chi connectivity index (χ4n) is 1.83. The van der Waals surface area contributed by atoms with Crippen LogP contribution in [-0.4, -0.2) is 23.2 Å². The number of rotatable bonds is 2. The van der Waals surface area contributed by atoms with Gasteiger partial charge in [-0.2, -0.15) is 0 Å². The maximum Gasteiger partial charge on any atom is 0.340 e. The molecule has 1 heterocycles. The summed E-state index contributed by atoms with van der Waals surface area (Å²) in [5, 5.41) is 9.87. The van der Waals surface area contributed by atoms with Gasteiger partial charge in [0, 0.05) is 9.86 Å². The first kappa shape index (κ1) is 11.9. The standard InChI is InChI=1S/C12H10BrNO3/c1-6-11(17-2)10(12(15)16)9-7(13)4-3-5-8(9)14-6/h3-5H,1-2H3,(H,15,16). The number of carbonyl (C=O) groups is 1. The van der Waals surface area contributed by atoms with Gasteiger partial charge in [0.05, 0.1) is 18.3 Å². The van der Waals surface area contributed by atoms with Crippen LogP contribution in [0.4, 0.5) is 0 Å². The van der Waals surface area contributed by atoms with Gasteiger partial charge in [0.25, 0.3) is 0 Å². The molecule has 0 saturated carbocycles. The second-order valence-corrected chi connectivity index (χ2v) is 4.40. The molecule has 88 valence electrons. The maximum atomic E-state index is 11.4. The Morgan fingerprint density at radius 2 is 2.18 bits per heavy atom. The van der Waals surface area contributed by atoms with Gasteiger partial charge < -0.3 is 9.84 Å². The molecule has 1 N–H and O–H groups in total. The second kappa shape index (κ2) is 4.33. The van der Waals surface area contributed by atoms with E-state index in [-0.39, 0.29) is 5.56 Å². The number of ether oxygens (including phenoxy) is 1. The lowest BCUT2D eigenvalue weighted by Crippen LogP contribution is -2.05. The second-order valence-electron chi connectivity index (χ2n) is 3.54. The van der Waals surface area contributed by atoms with E-state index in [1.54, 1.807) is 19.1 Å². The summed E-state index contributed by atoms with van der Waals surface area (Å²) >= 11 is 3.35. The summed E-state index contributed by atoms with van der Waals surface area (Å²) in [6.07, 6.45) is 0. The lowest BCUT2D eigenvalue weighted by atomic mass is 10.1. The largest absolute Gasteiger partial charge is 0.494 e. The van der Waals surface area contributed by atoms with E-state index < -0.39 is 5.97 Å². The highest BCUT2D eigenvalue weighted by atomic mass is 79.9. The van der Waals surface area contributed by atoms with Crippen LogP contribution in [0.25, 0.3) is 10.9 Å². The first-order chi connectivity index (χ1) is 8.06. The molecular weight excluding hydrogens is 286 g/mol. The fraction of sp³-hybridized carbons (Fsp3) is 0.167. The van der Waals surface area contributed by atoms with E-state index in [9.17, 15) is 9.90 Å². The summed E-state index contributed by atoms with van der Waals surface area (Å²) in [5.41, 5.74) is 1.34. The minimum atomic E-state index is -1.02. The zero-order valence-electron chi connectivity index (χ0n) is 9.32. The third-order valence-electron chi connectivity index (χ3n) is 2.50. The van der Waals surface area contributed by atoms with Crippen molar-refractivity contribution in [3.8, 4) is 5.75 Å². The highest BCUT2D eigenvalue weighted by Crippen LogP contribution is 2.33. The van der Waals surface area contributed by atoms with Crippen molar-refractivity contribution in [3.05, 3.63) is 33.9 Å². The molecule has 5 heteroatoms. The number of halogens is 1. The van der Waals surface area contributed by atoms with Crippen LogP contribution in [-0.2, 0) is 0 Å². The average Bonchev–Trinajstić information content (AvgIpc) is 2.27. The van der Waals surface area contributed by atoms with Crippen LogP contribution in [0.2, 0.25) is 0 Å². The number of pyridine rings is 1. The van der Waals surface area contributed by atoms with Gasteiger partial charge in [-0.25, -0.2) is 9.78 Å². The monoisotopic (exact) mass is 295 g/mol. The SMILES string of the molecule is COc1c(C)nc2cccc(Br)c2c1C(=O)O. The molecule has 2 rings (SSSR count). The van der Waals surface area contributed by atoms with Crippen molar-refractivity contribution in [2.45, 2.75) is 6.92 Å². The highest BCUT2D eigenvalue weighted by molar-refractivity contribution is 9.10. The van der Waals surface area contributed by atoms with Crippen molar-refractivity contribution in [2.75, 3.05) is 7.11 Å². The first-order valence-corrected chi connectivity index (χ1v) is 5.71. The Balaban J connectivity index is 3.00. The van der Waals surface area contributed by atoms with Crippen molar-refractivity contribution in [1.29, 1.82) is 0 Å². The summed E-state index contributed by atoms with van der Waals surface area (Å²) in [6, 6.07) is 5.38. The van der Waals surface area contributed by atoms with Crippen LogP contribution in [0.3, 0.4) is 0 Å². The number of hydrogen-bond donors (Lipinski definition) is 1. The number of carboxylic acids is 1. The van der Waals surface area contributed by atoms with Crippen LogP contribution < -0.4 is 4.74 Å². The lowest BCUT2D eigenvalue weighted by molar-refractivity contribution is 0.0695. The van der Waals surface area contributed by atoms with Crippen LogP contribution in [0.1, 0.15) is 16.1 Å². The number of hydrogen-bond acceptors (Lipinski definition) is 3. The molecule has 0 aliphatic rings. The highest BCUT2D eigenvalue weighted by Gasteiger charge is 2.20. The number of methoxy groups -OCH3 is 1. The van der Waals surface area contributed by atoms with Gasteiger partial charge in [-0.05, 0) is 19.1 Å². The van der Waals surface area contributed by atoms with Gasteiger partial charge >= 0.3 is 5.97 Å². The van der Waals surface area contributed by atoms with E-state index >= 15 is 0 Å². The number of carboxylic acid groups (broad SMARTS) is 1. The van der Waals surface area contributed by atoms with Crippen molar-refractivity contribution >= 4 is 32.8 Å². The molecule has 4 nitrogen and oxygen atoms in total. The fourth-order valence-corrected chi connectivity index (χ4v) is 2.39. The van der Waals surface area contributed by atoms with Gasteiger partial charge in [-0.1, -0.05) is 22.0 Å². The van der Waals surface area contributed by atoms with Crippen molar-refractivity contribution in [1.82, 2.24) is 4.98 Å². The molecular formula is C12H10BrNO3. The van der Waals surface area contributed by atoms with Gasteiger partial charge in [-0.15, -0.1) is 0 Å².